The van der Waals surface area contributed by atoms with E-state index in [1.807, 2.05) is 6.92 Å². The van der Waals surface area contributed by atoms with Crippen LogP contribution in [0.4, 0.5) is 5.69 Å². The number of aryl methyl sites for hydroxylation is 2. The van der Waals surface area contributed by atoms with E-state index in [4.69, 9.17) is 32.7 Å². The molecule has 0 aliphatic carbocycles. The maximum absolute atomic E-state index is 12.8. The van der Waals surface area contributed by atoms with Gasteiger partial charge in [-0.25, -0.2) is 4.68 Å². The van der Waals surface area contributed by atoms with Crippen molar-refractivity contribution in [3.63, 3.8) is 0 Å². The standard InChI is InChI=1S/C16H17Cl2N3O3/c1-9-14-16(20(3)19-9)23-7-6-21(14)15(22)10(2)24-13-5-4-11(17)8-12(13)18/h4-5,8,10H,6-7H2,1-3H3. The number of fused-ring (bicyclic) bond motifs is 1. The van der Waals surface area contributed by atoms with Crippen LogP contribution in [-0.2, 0) is 11.8 Å². The predicted molar refractivity (Wildman–Crippen MR) is 92.3 cm³/mol. The van der Waals surface area contributed by atoms with E-state index >= 15 is 0 Å². The van der Waals surface area contributed by atoms with Crippen LogP contribution < -0.4 is 14.4 Å². The van der Waals surface area contributed by atoms with Gasteiger partial charge in [0.15, 0.2) is 6.10 Å². The van der Waals surface area contributed by atoms with Gasteiger partial charge in [0.05, 0.1) is 17.3 Å². The summed E-state index contributed by atoms with van der Waals surface area (Å²) in [6.45, 7) is 4.38. The van der Waals surface area contributed by atoms with Crippen LogP contribution in [0.5, 0.6) is 11.6 Å². The molecule has 0 saturated heterocycles. The van der Waals surface area contributed by atoms with Crippen molar-refractivity contribution >= 4 is 34.8 Å². The molecule has 0 radical (unpaired) electrons. The molecule has 128 valence electrons. The Morgan fingerprint density at radius 2 is 2.17 bits per heavy atom. The highest BCUT2D eigenvalue weighted by molar-refractivity contribution is 6.35. The first-order valence-corrected chi connectivity index (χ1v) is 8.23. The van der Waals surface area contributed by atoms with Gasteiger partial charge in [0.1, 0.15) is 18.0 Å². The molecule has 1 aromatic carbocycles. The van der Waals surface area contributed by atoms with Crippen LogP contribution in [0.25, 0.3) is 0 Å². The molecular formula is C16H17Cl2N3O3. The van der Waals surface area contributed by atoms with Crippen molar-refractivity contribution in [3.8, 4) is 11.6 Å². The fourth-order valence-corrected chi connectivity index (χ4v) is 3.15. The number of benzene rings is 1. The quantitative estimate of drug-likeness (QED) is 0.833. The molecule has 1 atom stereocenters. The zero-order chi connectivity index (χ0) is 17.4. The van der Waals surface area contributed by atoms with Gasteiger partial charge in [-0.2, -0.15) is 5.10 Å². The summed E-state index contributed by atoms with van der Waals surface area (Å²) in [5.74, 6) is 0.823. The third-order valence-electron chi connectivity index (χ3n) is 3.77. The van der Waals surface area contributed by atoms with Crippen molar-refractivity contribution in [3.05, 3.63) is 33.9 Å². The average Bonchev–Trinajstić information content (AvgIpc) is 2.84. The van der Waals surface area contributed by atoms with Crippen molar-refractivity contribution in [1.29, 1.82) is 0 Å². The summed E-state index contributed by atoms with van der Waals surface area (Å²) in [7, 11) is 1.78. The Kier molecular flexibility index (Phi) is 4.60. The van der Waals surface area contributed by atoms with Crippen LogP contribution >= 0.6 is 23.2 Å². The summed E-state index contributed by atoms with van der Waals surface area (Å²) in [5, 5.41) is 5.19. The number of amides is 1. The number of anilines is 1. The molecule has 8 heteroatoms. The molecule has 1 unspecified atom stereocenters. The zero-order valence-electron chi connectivity index (χ0n) is 13.5. The Morgan fingerprint density at radius 1 is 1.42 bits per heavy atom. The third-order valence-corrected chi connectivity index (χ3v) is 4.30. The van der Waals surface area contributed by atoms with Crippen LogP contribution in [0.15, 0.2) is 18.2 Å². The highest BCUT2D eigenvalue weighted by atomic mass is 35.5. The molecule has 2 heterocycles. The molecular weight excluding hydrogens is 353 g/mol. The topological polar surface area (TPSA) is 56.6 Å². The van der Waals surface area contributed by atoms with Gasteiger partial charge in [0.2, 0.25) is 5.88 Å². The molecule has 6 nitrogen and oxygen atoms in total. The molecule has 0 N–H and O–H groups in total. The number of carbonyl (C=O) groups is 1. The molecule has 1 aliphatic heterocycles. The summed E-state index contributed by atoms with van der Waals surface area (Å²) in [6, 6.07) is 4.89. The van der Waals surface area contributed by atoms with Crippen LogP contribution in [0.2, 0.25) is 10.0 Å². The number of hydrogen-bond acceptors (Lipinski definition) is 4. The normalized spacial score (nSPS) is 14.8. The zero-order valence-corrected chi connectivity index (χ0v) is 15.1. The van der Waals surface area contributed by atoms with Crippen molar-refractivity contribution in [2.24, 2.45) is 7.05 Å². The summed E-state index contributed by atoms with van der Waals surface area (Å²) >= 11 is 12.0. The molecule has 3 rings (SSSR count). The van der Waals surface area contributed by atoms with Crippen molar-refractivity contribution < 1.29 is 14.3 Å². The second kappa shape index (κ2) is 6.53. The SMILES string of the molecule is Cc1nn(C)c2c1N(C(=O)C(C)Oc1ccc(Cl)cc1Cl)CCO2. The molecule has 1 aromatic heterocycles. The first-order valence-electron chi connectivity index (χ1n) is 7.48. The van der Waals surface area contributed by atoms with Crippen molar-refractivity contribution in [1.82, 2.24) is 9.78 Å². The Hall–Kier alpha value is -1.92. The molecule has 0 spiro atoms. The number of halogens is 2. The highest BCUT2D eigenvalue weighted by Crippen LogP contribution is 2.35. The van der Waals surface area contributed by atoms with Gasteiger partial charge in [-0.05, 0) is 32.0 Å². The fraction of sp³-hybridized carbons (Fsp3) is 0.375. The molecule has 0 fully saturated rings. The number of hydrogen-bond donors (Lipinski definition) is 0. The Labute approximate surface area is 149 Å². The summed E-state index contributed by atoms with van der Waals surface area (Å²) < 4.78 is 13.0. The van der Waals surface area contributed by atoms with Crippen molar-refractivity contribution in [2.75, 3.05) is 18.1 Å². The lowest BCUT2D eigenvalue weighted by molar-refractivity contribution is -0.124. The van der Waals surface area contributed by atoms with E-state index in [1.165, 1.54) is 0 Å². The highest BCUT2D eigenvalue weighted by Gasteiger charge is 2.32. The molecule has 2 aromatic rings. The van der Waals surface area contributed by atoms with Crippen LogP contribution in [-0.4, -0.2) is 34.9 Å². The molecule has 0 bridgehead atoms. The molecule has 1 aliphatic rings. The number of ether oxygens (including phenoxy) is 2. The number of nitrogens with zero attached hydrogens (tertiary/aromatic N) is 3. The summed E-state index contributed by atoms with van der Waals surface area (Å²) in [4.78, 5) is 14.5. The van der Waals surface area contributed by atoms with Gasteiger partial charge >= 0.3 is 0 Å². The van der Waals surface area contributed by atoms with E-state index in [9.17, 15) is 4.79 Å². The van der Waals surface area contributed by atoms with E-state index in [-0.39, 0.29) is 5.91 Å². The Balaban J connectivity index is 1.82. The fourth-order valence-electron chi connectivity index (χ4n) is 2.70. The van der Waals surface area contributed by atoms with E-state index < -0.39 is 6.10 Å². The third kappa shape index (κ3) is 3.03. The average molecular weight is 370 g/mol. The molecule has 24 heavy (non-hydrogen) atoms. The predicted octanol–water partition coefficient (Wildman–Crippen LogP) is 3.23. The Bertz CT molecular complexity index is 791. The van der Waals surface area contributed by atoms with E-state index in [0.29, 0.717) is 40.5 Å². The second-order valence-electron chi connectivity index (χ2n) is 5.54. The van der Waals surface area contributed by atoms with E-state index in [1.54, 1.807) is 41.8 Å². The molecule has 1 amide bonds. The summed E-state index contributed by atoms with van der Waals surface area (Å²) in [6.07, 6.45) is -0.714. The van der Waals surface area contributed by atoms with E-state index in [0.717, 1.165) is 5.69 Å². The largest absolute Gasteiger partial charge is 0.479 e. The first-order chi connectivity index (χ1) is 11.4. The van der Waals surface area contributed by atoms with Crippen LogP contribution in [0.1, 0.15) is 12.6 Å². The van der Waals surface area contributed by atoms with Gasteiger partial charge in [-0.15, -0.1) is 0 Å². The van der Waals surface area contributed by atoms with Gasteiger partial charge in [-0.3, -0.25) is 9.69 Å². The Morgan fingerprint density at radius 3 is 2.88 bits per heavy atom. The van der Waals surface area contributed by atoms with E-state index in [2.05, 4.69) is 5.10 Å². The first kappa shape index (κ1) is 16.9. The monoisotopic (exact) mass is 369 g/mol. The number of aromatic nitrogens is 2. The van der Waals surface area contributed by atoms with Gasteiger partial charge in [-0.1, -0.05) is 23.2 Å². The lowest BCUT2D eigenvalue weighted by atomic mass is 10.2. The minimum absolute atomic E-state index is 0.179. The van der Waals surface area contributed by atoms with Crippen LogP contribution in [0.3, 0.4) is 0 Å². The van der Waals surface area contributed by atoms with Crippen molar-refractivity contribution in [2.45, 2.75) is 20.0 Å². The van der Waals surface area contributed by atoms with Gasteiger partial charge < -0.3 is 9.47 Å². The van der Waals surface area contributed by atoms with Gasteiger partial charge in [0.25, 0.3) is 5.91 Å². The lowest BCUT2D eigenvalue weighted by Gasteiger charge is -2.30. The number of rotatable bonds is 3. The molecule has 0 saturated carbocycles. The lowest BCUT2D eigenvalue weighted by Crippen LogP contribution is -2.45. The van der Waals surface area contributed by atoms with Crippen LogP contribution in [0, 0.1) is 6.92 Å². The minimum Gasteiger partial charge on any atom is -0.479 e. The smallest absolute Gasteiger partial charge is 0.268 e. The maximum atomic E-state index is 12.8. The minimum atomic E-state index is -0.714. The number of carbonyl (C=O) groups excluding carboxylic acids is 1. The second-order valence-corrected chi connectivity index (χ2v) is 6.38. The van der Waals surface area contributed by atoms with Gasteiger partial charge in [0, 0.05) is 12.1 Å². The maximum Gasteiger partial charge on any atom is 0.268 e. The summed E-state index contributed by atoms with van der Waals surface area (Å²) in [5.41, 5.74) is 1.42.